The van der Waals surface area contributed by atoms with Crippen LogP contribution in [0.15, 0.2) is 18.2 Å². The molecule has 1 aliphatic heterocycles. The Bertz CT molecular complexity index is 404. The standard InChI is InChI=1S/C12H16N2O2/c1-3-14-7-6-12(15)13-10-5-4-9(16-2)8-11(10)14/h4-5,8H,3,6-7H2,1-2H3,(H,13,15). The topological polar surface area (TPSA) is 41.6 Å². The van der Waals surface area contributed by atoms with Gasteiger partial charge in [-0.25, -0.2) is 0 Å². The van der Waals surface area contributed by atoms with E-state index >= 15 is 0 Å². The molecule has 0 aliphatic carbocycles. The normalized spacial score (nSPS) is 15.1. The van der Waals surface area contributed by atoms with E-state index in [0.717, 1.165) is 30.2 Å². The molecule has 0 atom stereocenters. The van der Waals surface area contributed by atoms with Crippen molar-refractivity contribution in [1.29, 1.82) is 0 Å². The number of fused-ring (bicyclic) bond motifs is 1. The van der Waals surface area contributed by atoms with E-state index < -0.39 is 0 Å². The number of ether oxygens (including phenoxy) is 1. The van der Waals surface area contributed by atoms with Gasteiger partial charge in [-0.1, -0.05) is 0 Å². The maximum absolute atomic E-state index is 11.5. The van der Waals surface area contributed by atoms with Crippen LogP contribution in [0.5, 0.6) is 5.75 Å². The fourth-order valence-electron chi connectivity index (χ4n) is 1.90. The van der Waals surface area contributed by atoms with E-state index in [1.165, 1.54) is 0 Å². The smallest absolute Gasteiger partial charge is 0.226 e. The lowest BCUT2D eigenvalue weighted by Gasteiger charge is -2.22. The molecule has 1 aliphatic rings. The summed E-state index contributed by atoms with van der Waals surface area (Å²) < 4.78 is 5.20. The number of anilines is 2. The summed E-state index contributed by atoms with van der Waals surface area (Å²) in [6.07, 6.45) is 0.533. The van der Waals surface area contributed by atoms with E-state index in [2.05, 4.69) is 17.1 Å². The SMILES string of the molecule is CCN1CCC(=O)Nc2ccc(OC)cc21. The van der Waals surface area contributed by atoms with E-state index in [-0.39, 0.29) is 5.91 Å². The second-order valence-corrected chi connectivity index (χ2v) is 3.76. The van der Waals surface area contributed by atoms with Crippen LogP contribution in [0.25, 0.3) is 0 Å². The zero-order valence-corrected chi connectivity index (χ0v) is 9.62. The van der Waals surface area contributed by atoms with E-state index in [1.54, 1.807) is 7.11 Å². The van der Waals surface area contributed by atoms with Gasteiger partial charge in [0, 0.05) is 25.6 Å². The summed E-state index contributed by atoms with van der Waals surface area (Å²) in [7, 11) is 1.65. The molecule has 0 aromatic heterocycles. The molecule has 0 radical (unpaired) electrons. The fourth-order valence-corrected chi connectivity index (χ4v) is 1.90. The fraction of sp³-hybridized carbons (Fsp3) is 0.417. The van der Waals surface area contributed by atoms with Crippen molar-refractivity contribution in [2.45, 2.75) is 13.3 Å². The molecular weight excluding hydrogens is 204 g/mol. The Morgan fingerprint density at radius 1 is 1.50 bits per heavy atom. The predicted molar refractivity (Wildman–Crippen MR) is 64.1 cm³/mol. The zero-order valence-electron chi connectivity index (χ0n) is 9.62. The minimum Gasteiger partial charge on any atom is -0.497 e. The number of hydrogen-bond acceptors (Lipinski definition) is 3. The molecule has 0 saturated heterocycles. The Hall–Kier alpha value is -1.71. The van der Waals surface area contributed by atoms with Crippen molar-refractivity contribution in [1.82, 2.24) is 0 Å². The van der Waals surface area contributed by atoms with Crippen LogP contribution in [0.3, 0.4) is 0 Å². The van der Waals surface area contributed by atoms with Crippen LogP contribution >= 0.6 is 0 Å². The number of amides is 1. The van der Waals surface area contributed by atoms with Crippen molar-refractivity contribution in [2.75, 3.05) is 30.4 Å². The van der Waals surface area contributed by atoms with Crippen LogP contribution in [0, 0.1) is 0 Å². The van der Waals surface area contributed by atoms with Crippen LogP contribution in [0.2, 0.25) is 0 Å². The van der Waals surface area contributed by atoms with Crippen LogP contribution in [-0.2, 0) is 4.79 Å². The Balaban J connectivity index is 2.43. The Morgan fingerprint density at radius 3 is 3.00 bits per heavy atom. The molecule has 1 aromatic carbocycles. The molecular formula is C12H16N2O2. The van der Waals surface area contributed by atoms with Gasteiger partial charge in [0.1, 0.15) is 5.75 Å². The Morgan fingerprint density at radius 2 is 2.31 bits per heavy atom. The summed E-state index contributed by atoms with van der Waals surface area (Å²) in [6, 6.07) is 5.71. The maximum Gasteiger partial charge on any atom is 0.226 e. The van der Waals surface area contributed by atoms with E-state index in [0.29, 0.717) is 6.42 Å². The number of benzene rings is 1. The first-order valence-electron chi connectivity index (χ1n) is 5.47. The van der Waals surface area contributed by atoms with Gasteiger partial charge < -0.3 is 15.0 Å². The lowest BCUT2D eigenvalue weighted by molar-refractivity contribution is -0.115. The number of carbonyl (C=O) groups is 1. The van der Waals surface area contributed by atoms with Gasteiger partial charge in [0.15, 0.2) is 0 Å². The molecule has 4 nitrogen and oxygen atoms in total. The first-order chi connectivity index (χ1) is 7.74. The number of nitrogens with zero attached hydrogens (tertiary/aromatic N) is 1. The second-order valence-electron chi connectivity index (χ2n) is 3.76. The van der Waals surface area contributed by atoms with Gasteiger partial charge in [-0.05, 0) is 19.1 Å². The highest BCUT2D eigenvalue weighted by Crippen LogP contribution is 2.32. The van der Waals surface area contributed by atoms with Gasteiger partial charge in [0.25, 0.3) is 0 Å². The largest absolute Gasteiger partial charge is 0.497 e. The lowest BCUT2D eigenvalue weighted by Crippen LogP contribution is -2.23. The first kappa shape index (κ1) is 10.8. The van der Waals surface area contributed by atoms with Gasteiger partial charge in [0.2, 0.25) is 5.91 Å². The highest BCUT2D eigenvalue weighted by atomic mass is 16.5. The highest BCUT2D eigenvalue weighted by Gasteiger charge is 2.18. The molecule has 2 rings (SSSR count). The van der Waals surface area contributed by atoms with Gasteiger partial charge in [0.05, 0.1) is 18.5 Å². The summed E-state index contributed by atoms with van der Waals surface area (Å²) in [5.74, 6) is 0.885. The minimum absolute atomic E-state index is 0.0716. The van der Waals surface area contributed by atoms with Crippen molar-refractivity contribution in [3.05, 3.63) is 18.2 Å². The molecule has 1 aromatic rings. The Labute approximate surface area is 95.2 Å². The molecule has 0 spiro atoms. The van der Waals surface area contributed by atoms with Gasteiger partial charge in [-0.15, -0.1) is 0 Å². The lowest BCUT2D eigenvalue weighted by atomic mass is 10.2. The zero-order chi connectivity index (χ0) is 11.5. The summed E-state index contributed by atoms with van der Waals surface area (Å²) in [5, 5.41) is 2.90. The summed E-state index contributed by atoms with van der Waals surface area (Å²) >= 11 is 0. The average Bonchev–Trinajstić information content (AvgIpc) is 2.46. The third-order valence-corrected chi connectivity index (χ3v) is 2.81. The summed E-state index contributed by atoms with van der Waals surface area (Å²) in [5.41, 5.74) is 1.90. The maximum atomic E-state index is 11.5. The molecule has 86 valence electrons. The van der Waals surface area contributed by atoms with Crippen molar-refractivity contribution < 1.29 is 9.53 Å². The average molecular weight is 220 g/mol. The van der Waals surface area contributed by atoms with Crippen LogP contribution in [0.1, 0.15) is 13.3 Å². The van der Waals surface area contributed by atoms with Crippen LogP contribution in [-0.4, -0.2) is 26.1 Å². The van der Waals surface area contributed by atoms with Crippen LogP contribution in [0.4, 0.5) is 11.4 Å². The quantitative estimate of drug-likeness (QED) is 0.827. The Kier molecular flexibility index (Phi) is 2.99. The van der Waals surface area contributed by atoms with Crippen molar-refractivity contribution in [2.24, 2.45) is 0 Å². The minimum atomic E-state index is 0.0716. The monoisotopic (exact) mass is 220 g/mol. The molecule has 1 heterocycles. The molecule has 16 heavy (non-hydrogen) atoms. The predicted octanol–water partition coefficient (Wildman–Crippen LogP) is 1.86. The molecule has 0 saturated carbocycles. The highest BCUT2D eigenvalue weighted by molar-refractivity contribution is 5.96. The summed E-state index contributed by atoms with van der Waals surface area (Å²) in [6.45, 7) is 3.72. The molecule has 0 bridgehead atoms. The van der Waals surface area contributed by atoms with E-state index in [1.807, 2.05) is 18.2 Å². The first-order valence-corrected chi connectivity index (χ1v) is 5.47. The number of methoxy groups -OCH3 is 1. The van der Waals surface area contributed by atoms with Crippen molar-refractivity contribution in [3.8, 4) is 5.75 Å². The van der Waals surface area contributed by atoms with Crippen molar-refractivity contribution >= 4 is 17.3 Å². The second kappa shape index (κ2) is 4.43. The third-order valence-electron chi connectivity index (χ3n) is 2.81. The molecule has 1 amide bonds. The van der Waals surface area contributed by atoms with Gasteiger partial charge in [-0.2, -0.15) is 0 Å². The van der Waals surface area contributed by atoms with Gasteiger partial charge in [-0.3, -0.25) is 4.79 Å². The van der Waals surface area contributed by atoms with Crippen LogP contribution < -0.4 is 15.0 Å². The third kappa shape index (κ3) is 1.96. The van der Waals surface area contributed by atoms with E-state index in [4.69, 9.17) is 4.74 Å². The number of hydrogen-bond donors (Lipinski definition) is 1. The number of nitrogens with one attached hydrogen (secondary N) is 1. The molecule has 1 N–H and O–H groups in total. The molecule has 0 fully saturated rings. The van der Waals surface area contributed by atoms with Gasteiger partial charge >= 0.3 is 0 Å². The van der Waals surface area contributed by atoms with E-state index in [9.17, 15) is 4.79 Å². The molecule has 0 unspecified atom stereocenters. The van der Waals surface area contributed by atoms with Crippen molar-refractivity contribution in [3.63, 3.8) is 0 Å². The number of rotatable bonds is 2. The summed E-state index contributed by atoms with van der Waals surface area (Å²) in [4.78, 5) is 13.7. The molecule has 4 heteroatoms. The number of carbonyl (C=O) groups excluding carboxylic acids is 1.